The van der Waals surface area contributed by atoms with Crippen molar-refractivity contribution in [3.63, 3.8) is 0 Å². The monoisotopic (exact) mass is 425 g/mol. The summed E-state index contributed by atoms with van der Waals surface area (Å²) in [5.41, 5.74) is 3.32. The van der Waals surface area contributed by atoms with Gasteiger partial charge in [-0.1, -0.05) is 38.1 Å². The van der Waals surface area contributed by atoms with Crippen molar-refractivity contribution in [3.8, 4) is 11.3 Å². The number of nitrogens with one attached hydrogen (secondary N) is 3. The molecule has 31 heavy (non-hydrogen) atoms. The summed E-state index contributed by atoms with van der Waals surface area (Å²) in [6.45, 7) is 3.94. The molecule has 3 aromatic rings. The minimum Gasteiger partial charge on any atom is -0.342 e. The maximum atomic E-state index is 14.7. The maximum absolute atomic E-state index is 14.7. The Balaban J connectivity index is 1.70. The maximum Gasteiger partial charge on any atom is 0.238 e. The molecular formula is C23H25F2N5O. The molecule has 4 rings (SSSR count). The number of amides is 1. The molecule has 2 aromatic heterocycles. The van der Waals surface area contributed by atoms with Gasteiger partial charge in [-0.2, -0.15) is 9.49 Å². The molecule has 1 aliphatic rings. The molecule has 8 heteroatoms. The highest BCUT2D eigenvalue weighted by Gasteiger charge is 2.31. The first-order chi connectivity index (χ1) is 14.9. The van der Waals surface area contributed by atoms with Crippen LogP contribution in [0.5, 0.6) is 0 Å². The van der Waals surface area contributed by atoms with Gasteiger partial charge in [-0.05, 0) is 35.2 Å². The third-order valence-electron chi connectivity index (χ3n) is 5.53. The summed E-state index contributed by atoms with van der Waals surface area (Å²) in [7, 11) is 0. The molecule has 3 heterocycles. The Bertz CT molecular complexity index is 1050. The van der Waals surface area contributed by atoms with Gasteiger partial charge in [0.05, 0.1) is 23.5 Å². The van der Waals surface area contributed by atoms with Gasteiger partial charge in [0, 0.05) is 24.7 Å². The lowest BCUT2D eigenvalue weighted by Crippen LogP contribution is -2.42. The topological polar surface area (TPSA) is 82.7 Å². The summed E-state index contributed by atoms with van der Waals surface area (Å²) in [5, 5.41) is 12.7. The normalized spacial score (nSPS) is 19.5. The molecule has 1 fully saturated rings. The van der Waals surface area contributed by atoms with Crippen LogP contribution in [0, 0.1) is 5.95 Å². The van der Waals surface area contributed by atoms with Gasteiger partial charge < -0.3 is 10.6 Å². The number of benzene rings is 1. The van der Waals surface area contributed by atoms with Gasteiger partial charge >= 0.3 is 0 Å². The van der Waals surface area contributed by atoms with Crippen molar-refractivity contribution in [2.24, 2.45) is 0 Å². The Morgan fingerprint density at radius 1 is 1.23 bits per heavy atom. The zero-order valence-electron chi connectivity index (χ0n) is 17.4. The molecule has 0 bridgehead atoms. The standard InChI is InChI=1S/C23H25F2N5O/c1-13(2)17-6-7-19(28-22(17)25)21(29-23(31)20-11-16(24)12-26-20)15-5-3-4-14(10-15)18-8-9-27-30-18/h3-10,13,16,20-21,26H,11-12H2,1-2H3,(H,27,30)(H,29,31)/t16?,20?,21-/m0/s1. The highest BCUT2D eigenvalue weighted by Crippen LogP contribution is 2.28. The van der Waals surface area contributed by atoms with E-state index in [4.69, 9.17) is 0 Å². The second-order valence-corrected chi connectivity index (χ2v) is 8.10. The van der Waals surface area contributed by atoms with Gasteiger partial charge in [-0.3, -0.25) is 9.89 Å². The van der Waals surface area contributed by atoms with Gasteiger partial charge in [0.2, 0.25) is 11.9 Å². The Labute approximate surface area is 179 Å². The summed E-state index contributed by atoms with van der Waals surface area (Å²) >= 11 is 0. The van der Waals surface area contributed by atoms with Crippen LogP contribution < -0.4 is 10.6 Å². The van der Waals surface area contributed by atoms with Gasteiger partial charge in [0.1, 0.15) is 6.17 Å². The van der Waals surface area contributed by atoms with Crippen LogP contribution in [0.25, 0.3) is 11.3 Å². The third kappa shape index (κ3) is 4.64. The van der Waals surface area contributed by atoms with Gasteiger partial charge in [0.25, 0.3) is 0 Å². The highest BCUT2D eigenvalue weighted by atomic mass is 19.1. The lowest BCUT2D eigenvalue weighted by Gasteiger charge is -2.22. The van der Waals surface area contributed by atoms with E-state index in [2.05, 4.69) is 25.8 Å². The van der Waals surface area contributed by atoms with Gasteiger partial charge in [0.15, 0.2) is 0 Å². The van der Waals surface area contributed by atoms with E-state index in [-0.39, 0.29) is 24.8 Å². The fraction of sp³-hybridized carbons (Fsp3) is 0.348. The molecule has 0 spiro atoms. The van der Waals surface area contributed by atoms with Gasteiger partial charge in [-0.15, -0.1) is 0 Å². The van der Waals surface area contributed by atoms with Crippen LogP contribution in [0.2, 0.25) is 0 Å². The zero-order chi connectivity index (χ0) is 22.0. The Kier molecular flexibility index (Phi) is 6.08. The molecule has 3 N–H and O–H groups in total. The minimum atomic E-state index is -1.06. The first-order valence-electron chi connectivity index (χ1n) is 10.4. The number of pyridine rings is 1. The molecule has 1 amide bonds. The average Bonchev–Trinajstić information content (AvgIpc) is 3.43. The van der Waals surface area contributed by atoms with Crippen LogP contribution in [0.3, 0.4) is 0 Å². The fourth-order valence-corrected chi connectivity index (χ4v) is 3.82. The summed E-state index contributed by atoms with van der Waals surface area (Å²) < 4.78 is 28.3. The first-order valence-corrected chi connectivity index (χ1v) is 10.4. The number of aromatic nitrogens is 3. The third-order valence-corrected chi connectivity index (χ3v) is 5.53. The average molecular weight is 425 g/mol. The zero-order valence-corrected chi connectivity index (χ0v) is 17.4. The molecule has 162 valence electrons. The van der Waals surface area contributed by atoms with E-state index in [0.717, 1.165) is 16.8 Å². The van der Waals surface area contributed by atoms with Crippen LogP contribution in [0.15, 0.2) is 48.7 Å². The number of H-pyrrole nitrogens is 1. The Morgan fingerprint density at radius 3 is 2.71 bits per heavy atom. The molecule has 0 saturated carbocycles. The van der Waals surface area contributed by atoms with Crippen LogP contribution in [-0.2, 0) is 4.79 Å². The van der Waals surface area contributed by atoms with Crippen LogP contribution in [0.1, 0.15) is 49.0 Å². The number of alkyl halides is 1. The van der Waals surface area contributed by atoms with E-state index in [1.807, 2.05) is 44.2 Å². The van der Waals surface area contributed by atoms with Crippen molar-refractivity contribution in [2.75, 3.05) is 6.54 Å². The molecule has 2 unspecified atom stereocenters. The van der Waals surface area contributed by atoms with E-state index in [1.165, 1.54) is 0 Å². The second-order valence-electron chi connectivity index (χ2n) is 8.10. The van der Waals surface area contributed by atoms with Crippen molar-refractivity contribution in [1.29, 1.82) is 0 Å². The molecule has 1 aromatic carbocycles. The Morgan fingerprint density at radius 2 is 2.06 bits per heavy atom. The number of rotatable bonds is 6. The summed E-state index contributed by atoms with van der Waals surface area (Å²) in [6, 6.07) is 11.5. The smallest absolute Gasteiger partial charge is 0.238 e. The largest absolute Gasteiger partial charge is 0.342 e. The summed E-state index contributed by atoms with van der Waals surface area (Å²) in [5.74, 6) is -0.908. The molecule has 1 aliphatic heterocycles. The lowest BCUT2D eigenvalue weighted by molar-refractivity contribution is -0.123. The van der Waals surface area contributed by atoms with Crippen molar-refractivity contribution in [1.82, 2.24) is 25.8 Å². The number of halogens is 2. The molecular weight excluding hydrogens is 400 g/mol. The molecule has 6 nitrogen and oxygen atoms in total. The van der Waals surface area contributed by atoms with E-state index in [9.17, 15) is 13.6 Å². The van der Waals surface area contributed by atoms with E-state index >= 15 is 0 Å². The van der Waals surface area contributed by atoms with Crippen LogP contribution in [-0.4, -0.2) is 39.8 Å². The minimum absolute atomic E-state index is 0.0116. The van der Waals surface area contributed by atoms with Crippen molar-refractivity contribution in [2.45, 2.75) is 44.4 Å². The van der Waals surface area contributed by atoms with Crippen molar-refractivity contribution < 1.29 is 13.6 Å². The van der Waals surface area contributed by atoms with E-state index < -0.39 is 24.2 Å². The number of carbonyl (C=O) groups excluding carboxylic acids is 1. The number of carbonyl (C=O) groups is 1. The number of hydrogen-bond donors (Lipinski definition) is 3. The number of hydrogen-bond acceptors (Lipinski definition) is 4. The predicted molar refractivity (Wildman–Crippen MR) is 114 cm³/mol. The second kappa shape index (κ2) is 8.93. The van der Waals surface area contributed by atoms with Crippen LogP contribution >= 0.6 is 0 Å². The molecule has 0 aliphatic carbocycles. The van der Waals surface area contributed by atoms with E-state index in [0.29, 0.717) is 11.3 Å². The number of nitrogens with zero attached hydrogens (tertiary/aromatic N) is 2. The SMILES string of the molecule is CC(C)c1ccc([C@@H](NC(=O)C2CC(F)CN2)c2cccc(-c3ccn[nH]3)c2)nc1F. The van der Waals surface area contributed by atoms with Crippen molar-refractivity contribution >= 4 is 5.91 Å². The lowest BCUT2D eigenvalue weighted by atomic mass is 9.97. The number of aromatic amines is 1. The highest BCUT2D eigenvalue weighted by molar-refractivity contribution is 5.83. The quantitative estimate of drug-likeness (QED) is 0.527. The van der Waals surface area contributed by atoms with Crippen LogP contribution in [0.4, 0.5) is 8.78 Å². The summed E-state index contributed by atoms with van der Waals surface area (Å²) in [4.78, 5) is 17.0. The predicted octanol–water partition coefficient (Wildman–Crippen LogP) is 3.64. The van der Waals surface area contributed by atoms with Gasteiger partial charge in [-0.25, -0.2) is 9.37 Å². The summed E-state index contributed by atoms with van der Waals surface area (Å²) in [6.07, 6.45) is 0.710. The Hall–Kier alpha value is -3.13. The fourth-order valence-electron chi connectivity index (χ4n) is 3.82. The molecule has 3 atom stereocenters. The molecule has 1 saturated heterocycles. The molecule has 0 radical (unpaired) electrons. The first kappa shape index (κ1) is 21.1. The van der Waals surface area contributed by atoms with Crippen molar-refractivity contribution in [3.05, 3.63) is 71.4 Å². The van der Waals surface area contributed by atoms with E-state index in [1.54, 1.807) is 18.3 Å².